The Bertz CT molecular complexity index is 1230. The third kappa shape index (κ3) is 3.89. The minimum absolute atomic E-state index is 0.0216. The lowest BCUT2D eigenvalue weighted by atomic mass is 9.99. The molecule has 0 bridgehead atoms. The van der Waals surface area contributed by atoms with Gasteiger partial charge in [0.2, 0.25) is 5.95 Å². The van der Waals surface area contributed by atoms with Gasteiger partial charge < -0.3 is 25.4 Å². The highest BCUT2D eigenvalue weighted by atomic mass is 16.6. The maximum absolute atomic E-state index is 12.3. The van der Waals surface area contributed by atoms with Crippen LogP contribution >= 0.6 is 0 Å². The number of carbonyl (C=O) groups excluding carboxylic acids is 1. The third-order valence-electron chi connectivity index (χ3n) is 6.40. The van der Waals surface area contributed by atoms with Crippen LogP contribution in [0.2, 0.25) is 0 Å². The summed E-state index contributed by atoms with van der Waals surface area (Å²) in [5.41, 5.74) is 11.5. The van der Waals surface area contributed by atoms with Crippen LogP contribution in [0.25, 0.3) is 10.9 Å². The van der Waals surface area contributed by atoms with Gasteiger partial charge in [0.15, 0.2) is 0 Å². The molecule has 9 nitrogen and oxygen atoms in total. The van der Waals surface area contributed by atoms with E-state index < -0.39 is 0 Å². The van der Waals surface area contributed by atoms with Crippen molar-refractivity contribution in [1.82, 2.24) is 14.9 Å². The fraction of sp³-hybridized carbons (Fsp3) is 0.375. The van der Waals surface area contributed by atoms with Crippen molar-refractivity contribution in [2.24, 2.45) is 0 Å². The van der Waals surface area contributed by atoms with Gasteiger partial charge in [-0.1, -0.05) is 6.92 Å². The zero-order valence-corrected chi connectivity index (χ0v) is 19.1. The number of ether oxygens (including phenoxy) is 2. The molecule has 9 heteroatoms. The molecule has 3 N–H and O–H groups in total. The molecule has 3 aromatic rings. The molecule has 1 fully saturated rings. The van der Waals surface area contributed by atoms with Crippen LogP contribution < -0.4 is 20.7 Å². The third-order valence-corrected chi connectivity index (χ3v) is 6.40. The first kappa shape index (κ1) is 21.3. The molecule has 0 saturated carbocycles. The van der Waals surface area contributed by atoms with Crippen molar-refractivity contribution in [1.29, 1.82) is 0 Å². The van der Waals surface area contributed by atoms with Gasteiger partial charge in [0.1, 0.15) is 12.4 Å². The largest absolute Gasteiger partial charge is 0.495 e. The van der Waals surface area contributed by atoms with Crippen LogP contribution in [0.4, 0.5) is 27.8 Å². The van der Waals surface area contributed by atoms with Crippen molar-refractivity contribution in [2.75, 3.05) is 43.3 Å². The number of anilines is 4. The molecule has 1 atom stereocenters. The van der Waals surface area contributed by atoms with Crippen LogP contribution in [0.3, 0.4) is 0 Å². The topological polar surface area (TPSA) is 106 Å². The summed E-state index contributed by atoms with van der Waals surface area (Å²) in [5, 5.41) is 4.03. The predicted octanol–water partition coefficient (Wildman–Crippen LogP) is 3.69. The summed E-state index contributed by atoms with van der Waals surface area (Å²) in [7, 11) is 3.78. The lowest BCUT2D eigenvalue weighted by Gasteiger charge is -2.26. The number of cyclic esters (lactones) is 1. The molecule has 0 radical (unpaired) electrons. The van der Waals surface area contributed by atoms with Gasteiger partial charge in [-0.25, -0.2) is 14.8 Å². The molecule has 5 rings (SSSR count). The van der Waals surface area contributed by atoms with Gasteiger partial charge in [-0.2, -0.15) is 0 Å². The van der Waals surface area contributed by atoms with Gasteiger partial charge in [0.25, 0.3) is 0 Å². The molecular weight excluding hydrogens is 420 g/mol. The number of nitrogens with two attached hydrogens (primary N) is 1. The average Bonchev–Trinajstić information content (AvgIpc) is 3.18. The normalized spacial score (nSPS) is 18.3. The van der Waals surface area contributed by atoms with Gasteiger partial charge in [-0.15, -0.1) is 0 Å². The van der Waals surface area contributed by atoms with Crippen LogP contribution in [0.5, 0.6) is 5.75 Å². The van der Waals surface area contributed by atoms with Crippen LogP contribution in [-0.2, 0) is 17.7 Å². The molecule has 1 unspecified atom stereocenters. The van der Waals surface area contributed by atoms with Crippen molar-refractivity contribution in [3.05, 3.63) is 41.6 Å². The van der Waals surface area contributed by atoms with E-state index in [1.807, 2.05) is 13.0 Å². The van der Waals surface area contributed by atoms with Crippen molar-refractivity contribution in [3.8, 4) is 5.75 Å². The molecular formula is C24H28N6O3. The molecule has 2 aliphatic heterocycles. The quantitative estimate of drug-likeness (QED) is 0.570. The van der Waals surface area contributed by atoms with Gasteiger partial charge in [0, 0.05) is 30.4 Å². The number of amides is 1. The Morgan fingerprint density at radius 3 is 2.91 bits per heavy atom. The molecule has 3 heterocycles. The first-order valence-electron chi connectivity index (χ1n) is 11.1. The van der Waals surface area contributed by atoms with Crippen LogP contribution in [0.1, 0.15) is 24.5 Å². The summed E-state index contributed by atoms with van der Waals surface area (Å²) >= 11 is 0. The second-order valence-corrected chi connectivity index (χ2v) is 8.60. The molecule has 2 aromatic carbocycles. The lowest BCUT2D eigenvalue weighted by molar-refractivity contribution is 0.178. The fourth-order valence-corrected chi connectivity index (χ4v) is 4.54. The Morgan fingerprint density at radius 1 is 1.27 bits per heavy atom. The SMILES string of the molecule is CCC1COC(=O)N1c1cc(N)c2cnc(Nc3cc4c(cc3OC)CCN(C)C4)nc2c1. The van der Waals surface area contributed by atoms with E-state index in [1.165, 1.54) is 11.1 Å². The number of likely N-dealkylation sites (N-methyl/N-ethyl adjacent to an activating group) is 1. The Labute approximate surface area is 192 Å². The van der Waals surface area contributed by atoms with Gasteiger partial charge in [-0.3, -0.25) is 4.90 Å². The van der Waals surface area contributed by atoms with E-state index in [0.29, 0.717) is 29.4 Å². The summed E-state index contributed by atoms with van der Waals surface area (Å²) < 4.78 is 10.9. The van der Waals surface area contributed by atoms with E-state index in [2.05, 4.69) is 34.4 Å². The molecule has 1 aromatic heterocycles. The van der Waals surface area contributed by atoms with E-state index >= 15 is 0 Å². The standard InChI is InChI=1S/C24H28N6O3/c1-4-16-13-33-24(31)30(16)17-9-19(25)18-11-26-23(27-20(18)10-17)28-21-7-15-12-29(2)6-5-14(15)8-22(21)32-3/h7-11,16H,4-6,12-13,25H2,1-3H3,(H,26,27,28). The van der Waals surface area contributed by atoms with E-state index in [4.69, 9.17) is 20.2 Å². The molecule has 0 aliphatic carbocycles. The van der Waals surface area contributed by atoms with Crippen LogP contribution in [0.15, 0.2) is 30.5 Å². The van der Waals surface area contributed by atoms with E-state index in [9.17, 15) is 4.79 Å². The van der Waals surface area contributed by atoms with E-state index in [0.717, 1.165) is 42.8 Å². The van der Waals surface area contributed by atoms with Gasteiger partial charge in [-0.05, 0) is 55.3 Å². The van der Waals surface area contributed by atoms with Crippen molar-refractivity contribution < 1.29 is 14.3 Å². The molecule has 0 spiro atoms. The van der Waals surface area contributed by atoms with Crippen LogP contribution in [0, 0.1) is 0 Å². The monoisotopic (exact) mass is 448 g/mol. The number of hydrogen-bond acceptors (Lipinski definition) is 8. The minimum atomic E-state index is -0.364. The van der Waals surface area contributed by atoms with Crippen molar-refractivity contribution in [3.63, 3.8) is 0 Å². The Kier molecular flexibility index (Phi) is 5.41. The first-order valence-corrected chi connectivity index (χ1v) is 11.1. The number of nitrogen functional groups attached to an aromatic ring is 1. The number of nitrogens with one attached hydrogen (secondary N) is 1. The summed E-state index contributed by atoms with van der Waals surface area (Å²) in [4.78, 5) is 25.4. The molecule has 172 valence electrons. The van der Waals surface area contributed by atoms with Crippen LogP contribution in [-0.4, -0.2) is 54.3 Å². The number of fused-ring (bicyclic) bond motifs is 2. The number of methoxy groups -OCH3 is 1. The zero-order valence-electron chi connectivity index (χ0n) is 19.1. The Hall–Kier alpha value is -3.59. The maximum Gasteiger partial charge on any atom is 0.414 e. The second-order valence-electron chi connectivity index (χ2n) is 8.60. The minimum Gasteiger partial charge on any atom is -0.495 e. The number of hydrogen-bond donors (Lipinski definition) is 2. The number of rotatable bonds is 5. The highest BCUT2D eigenvalue weighted by molar-refractivity contribution is 5.98. The van der Waals surface area contributed by atoms with Crippen molar-refractivity contribution in [2.45, 2.75) is 32.4 Å². The summed E-state index contributed by atoms with van der Waals surface area (Å²) in [6, 6.07) is 7.80. The highest BCUT2D eigenvalue weighted by Crippen LogP contribution is 2.34. The molecule has 33 heavy (non-hydrogen) atoms. The van der Waals surface area contributed by atoms with E-state index in [1.54, 1.807) is 24.3 Å². The highest BCUT2D eigenvalue weighted by Gasteiger charge is 2.33. The second kappa shape index (κ2) is 8.40. The Morgan fingerprint density at radius 2 is 2.12 bits per heavy atom. The molecule has 1 saturated heterocycles. The lowest BCUT2D eigenvalue weighted by Crippen LogP contribution is -2.32. The molecule has 1 amide bonds. The number of carbonyl (C=O) groups is 1. The fourth-order valence-electron chi connectivity index (χ4n) is 4.54. The summed E-state index contributed by atoms with van der Waals surface area (Å²) in [6.07, 6.45) is 3.11. The maximum atomic E-state index is 12.3. The van der Waals surface area contributed by atoms with E-state index in [-0.39, 0.29) is 12.1 Å². The number of nitrogens with zero attached hydrogens (tertiary/aromatic N) is 4. The summed E-state index contributed by atoms with van der Waals surface area (Å²) in [5.74, 6) is 1.18. The number of aromatic nitrogens is 2. The average molecular weight is 449 g/mol. The predicted molar refractivity (Wildman–Crippen MR) is 128 cm³/mol. The zero-order chi connectivity index (χ0) is 23.1. The summed E-state index contributed by atoms with van der Waals surface area (Å²) in [6.45, 7) is 4.32. The van der Waals surface area contributed by atoms with Gasteiger partial charge in [0.05, 0.1) is 30.0 Å². The first-order chi connectivity index (χ1) is 16.0. The molecule has 2 aliphatic rings. The number of benzene rings is 2. The smallest absolute Gasteiger partial charge is 0.414 e. The van der Waals surface area contributed by atoms with Gasteiger partial charge >= 0.3 is 6.09 Å². The van der Waals surface area contributed by atoms with Crippen molar-refractivity contribution >= 4 is 40.0 Å². The Balaban J connectivity index is 1.51.